The lowest BCUT2D eigenvalue weighted by Crippen LogP contribution is -2.27. The van der Waals surface area contributed by atoms with Crippen LogP contribution in [0.1, 0.15) is 115 Å². The zero-order valence-corrected chi connectivity index (χ0v) is 27.1. The second kappa shape index (κ2) is 27.1. The summed E-state index contributed by atoms with van der Waals surface area (Å²) >= 11 is 11.8. The normalized spacial score (nSPS) is 11.2. The number of benzene rings is 1. The SMILES string of the molecule is CCCCCCCC/C=C\CCCCCCCC(=O)OCCOC(=O)CCCc1ccc(N(CCCl)CCCl)cc1. The summed E-state index contributed by atoms with van der Waals surface area (Å²) in [6, 6.07) is 8.29. The molecule has 0 unspecified atom stereocenters. The van der Waals surface area contributed by atoms with E-state index in [0.29, 0.717) is 31.0 Å². The Bertz CT molecular complexity index is 794. The van der Waals surface area contributed by atoms with Gasteiger partial charge in [-0.1, -0.05) is 82.6 Å². The zero-order chi connectivity index (χ0) is 29.8. The number of esters is 2. The number of anilines is 1. The van der Waals surface area contributed by atoms with E-state index in [9.17, 15) is 9.59 Å². The number of hydrogen-bond donors (Lipinski definition) is 0. The minimum atomic E-state index is -0.259. The van der Waals surface area contributed by atoms with Crippen LogP contribution in [-0.4, -0.2) is 50.0 Å². The van der Waals surface area contributed by atoms with E-state index in [1.54, 1.807) is 0 Å². The van der Waals surface area contributed by atoms with E-state index < -0.39 is 0 Å². The van der Waals surface area contributed by atoms with Gasteiger partial charge in [0.05, 0.1) is 0 Å². The third-order valence-corrected chi connectivity index (χ3v) is 7.45. The Morgan fingerprint density at radius 1 is 0.683 bits per heavy atom. The van der Waals surface area contributed by atoms with Gasteiger partial charge >= 0.3 is 11.9 Å². The van der Waals surface area contributed by atoms with Crippen molar-refractivity contribution in [3.8, 4) is 0 Å². The molecule has 1 aromatic carbocycles. The lowest BCUT2D eigenvalue weighted by atomic mass is 10.1. The van der Waals surface area contributed by atoms with Gasteiger partial charge in [-0.05, 0) is 62.6 Å². The second-order valence-electron chi connectivity index (χ2n) is 10.7. The minimum Gasteiger partial charge on any atom is -0.462 e. The average Bonchev–Trinajstić information content (AvgIpc) is 2.97. The molecular formula is C34H55Cl2NO4. The molecule has 0 aromatic heterocycles. The van der Waals surface area contributed by atoms with Gasteiger partial charge < -0.3 is 14.4 Å². The summed E-state index contributed by atoms with van der Waals surface area (Å²) in [5.74, 6) is 0.637. The molecule has 0 aliphatic rings. The molecule has 1 rings (SSSR count). The van der Waals surface area contributed by atoms with E-state index in [1.807, 2.05) is 0 Å². The summed E-state index contributed by atoms with van der Waals surface area (Å²) in [4.78, 5) is 26.1. The predicted molar refractivity (Wildman–Crippen MR) is 174 cm³/mol. The topological polar surface area (TPSA) is 55.8 Å². The van der Waals surface area contributed by atoms with E-state index >= 15 is 0 Å². The molecule has 0 saturated heterocycles. The first-order valence-corrected chi connectivity index (χ1v) is 17.1. The Labute approximate surface area is 260 Å². The highest BCUT2D eigenvalue weighted by atomic mass is 35.5. The maximum Gasteiger partial charge on any atom is 0.305 e. The zero-order valence-electron chi connectivity index (χ0n) is 25.6. The molecule has 0 atom stereocenters. The van der Waals surface area contributed by atoms with Gasteiger partial charge in [0, 0.05) is 43.4 Å². The summed E-state index contributed by atoms with van der Waals surface area (Å²) in [6.07, 6.45) is 22.9. The molecule has 0 N–H and O–H groups in total. The maximum atomic E-state index is 12.0. The van der Waals surface area contributed by atoms with Crippen molar-refractivity contribution in [1.82, 2.24) is 0 Å². The molecule has 5 nitrogen and oxygen atoms in total. The van der Waals surface area contributed by atoms with Crippen molar-refractivity contribution in [3.05, 3.63) is 42.0 Å². The minimum absolute atomic E-state index is 0.114. The fourth-order valence-corrected chi connectivity index (χ4v) is 5.09. The van der Waals surface area contributed by atoms with Crippen LogP contribution in [0.5, 0.6) is 0 Å². The third kappa shape index (κ3) is 21.6. The molecule has 0 fully saturated rings. The number of ether oxygens (including phenoxy) is 2. The van der Waals surface area contributed by atoms with Crippen LogP contribution in [0.25, 0.3) is 0 Å². The number of allylic oxidation sites excluding steroid dienone is 2. The summed E-state index contributed by atoms with van der Waals surface area (Å²) in [6.45, 7) is 4.01. The van der Waals surface area contributed by atoms with Crippen LogP contribution in [0, 0.1) is 0 Å². The lowest BCUT2D eigenvalue weighted by molar-refractivity contribution is -0.152. The summed E-state index contributed by atoms with van der Waals surface area (Å²) in [5, 5.41) is 0. The largest absolute Gasteiger partial charge is 0.462 e. The molecule has 0 aliphatic carbocycles. The van der Waals surface area contributed by atoms with Gasteiger partial charge in [-0.2, -0.15) is 0 Å². The highest BCUT2D eigenvalue weighted by Crippen LogP contribution is 2.17. The van der Waals surface area contributed by atoms with Crippen LogP contribution in [0.3, 0.4) is 0 Å². The highest BCUT2D eigenvalue weighted by molar-refractivity contribution is 6.18. The van der Waals surface area contributed by atoms with Crippen molar-refractivity contribution in [2.45, 2.75) is 116 Å². The number of alkyl halides is 2. The number of hydrogen-bond acceptors (Lipinski definition) is 5. The quantitative estimate of drug-likeness (QED) is 0.0429. The number of halogens is 2. The van der Waals surface area contributed by atoms with Gasteiger partial charge in [0.15, 0.2) is 0 Å². The molecule has 7 heteroatoms. The van der Waals surface area contributed by atoms with E-state index in [4.69, 9.17) is 32.7 Å². The summed E-state index contributed by atoms with van der Waals surface area (Å²) in [7, 11) is 0. The van der Waals surface area contributed by atoms with E-state index in [2.05, 4.69) is 48.2 Å². The fourth-order valence-electron chi connectivity index (χ4n) is 4.68. The summed E-state index contributed by atoms with van der Waals surface area (Å²) < 4.78 is 10.4. The van der Waals surface area contributed by atoms with Gasteiger partial charge in [0.1, 0.15) is 13.2 Å². The van der Waals surface area contributed by atoms with Crippen LogP contribution < -0.4 is 4.90 Å². The molecule has 0 aliphatic heterocycles. The molecule has 41 heavy (non-hydrogen) atoms. The Morgan fingerprint density at radius 2 is 1.17 bits per heavy atom. The van der Waals surface area contributed by atoms with Gasteiger partial charge in [0.25, 0.3) is 0 Å². The summed E-state index contributed by atoms with van der Waals surface area (Å²) in [5.41, 5.74) is 2.27. The Morgan fingerprint density at radius 3 is 1.71 bits per heavy atom. The number of rotatable bonds is 27. The van der Waals surface area contributed by atoms with Crippen molar-refractivity contribution >= 4 is 40.8 Å². The highest BCUT2D eigenvalue weighted by Gasteiger charge is 2.08. The van der Waals surface area contributed by atoms with Crippen LogP contribution >= 0.6 is 23.2 Å². The van der Waals surface area contributed by atoms with Crippen LogP contribution in [0.2, 0.25) is 0 Å². The smallest absolute Gasteiger partial charge is 0.305 e. The molecule has 1 aromatic rings. The number of nitrogens with zero attached hydrogens (tertiary/aromatic N) is 1. The fraction of sp³-hybridized carbons (Fsp3) is 0.706. The van der Waals surface area contributed by atoms with Gasteiger partial charge in [-0.3, -0.25) is 9.59 Å². The Kier molecular flexibility index (Phi) is 24.7. The molecule has 0 bridgehead atoms. The molecular weight excluding hydrogens is 557 g/mol. The van der Waals surface area contributed by atoms with Crippen molar-refractivity contribution in [2.24, 2.45) is 0 Å². The molecule has 0 radical (unpaired) electrons. The van der Waals surface area contributed by atoms with Crippen molar-refractivity contribution in [3.63, 3.8) is 0 Å². The molecule has 234 valence electrons. The van der Waals surface area contributed by atoms with Gasteiger partial charge in [-0.15, -0.1) is 23.2 Å². The van der Waals surface area contributed by atoms with Crippen molar-refractivity contribution in [1.29, 1.82) is 0 Å². The van der Waals surface area contributed by atoms with Crippen molar-refractivity contribution < 1.29 is 19.1 Å². The van der Waals surface area contributed by atoms with Gasteiger partial charge in [-0.25, -0.2) is 0 Å². The lowest BCUT2D eigenvalue weighted by Gasteiger charge is -2.23. The molecule has 0 heterocycles. The third-order valence-electron chi connectivity index (χ3n) is 7.11. The Balaban J connectivity index is 1.95. The van der Waals surface area contributed by atoms with E-state index in [-0.39, 0.29) is 25.2 Å². The van der Waals surface area contributed by atoms with Crippen LogP contribution in [0.15, 0.2) is 36.4 Å². The second-order valence-corrected chi connectivity index (χ2v) is 11.4. The first-order valence-electron chi connectivity index (χ1n) is 16.0. The molecule has 0 amide bonds. The van der Waals surface area contributed by atoms with Crippen LogP contribution in [-0.2, 0) is 25.5 Å². The monoisotopic (exact) mass is 611 g/mol. The molecule has 0 spiro atoms. The maximum absolute atomic E-state index is 12.0. The van der Waals surface area contributed by atoms with E-state index in [0.717, 1.165) is 50.9 Å². The first-order chi connectivity index (χ1) is 20.1. The number of aryl methyl sites for hydroxylation is 1. The van der Waals surface area contributed by atoms with E-state index in [1.165, 1.54) is 63.4 Å². The Hall–Kier alpha value is -1.72. The van der Waals surface area contributed by atoms with Crippen molar-refractivity contribution in [2.75, 3.05) is 43.0 Å². The first kappa shape index (κ1) is 37.3. The molecule has 0 saturated carbocycles. The van der Waals surface area contributed by atoms with Gasteiger partial charge in [0.2, 0.25) is 0 Å². The predicted octanol–water partition coefficient (Wildman–Crippen LogP) is 9.42. The van der Waals surface area contributed by atoms with Crippen LogP contribution in [0.4, 0.5) is 5.69 Å². The average molecular weight is 613 g/mol. The standard InChI is InChI=1S/C34H55Cl2NO4/c1-2-3-4-5-6-7-8-9-10-11-12-13-14-15-16-19-33(38)40-29-30-41-34(39)20-17-18-31-21-23-32(24-22-31)37(27-25-35)28-26-36/h9-10,21-24H,2-8,11-20,25-30H2,1H3/b10-9-. The number of unbranched alkanes of at least 4 members (excludes halogenated alkanes) is 11. The number of carbonyl (C=O) groups is 2. The number of carbonyl (C=O) groups excluding carboxylic acids is 2.